The molecule has 132 valence electrons. The second-order valence-corrected chi connectivity index (χ2v) is 5.94. The summed E-state index contributed by atoms with van der Waals surface area (Å²) in [5.41, 5.74) is 1.45. The third-order valence-electron chi connectivity index (χ3n) is 3.62. The van der Waals surface area contributed by atoms with E-state index in [0.717, 1.165) is 5.56 Å². The molecule has 2 aromatic heterocycles. The van der Waals surface area contributed by atoms with Crippen LogP contribution >= 0.6 is 11.6 Å². The SMILES string of the molecule is O=C(NCc1ccc(Cl)cc1)c1ccnc(C(=O)NCc2ccco2)c1. The molecule has 2 N–H and O–H groups in total. The quantitative estimate of drug-likeness (QED) is 0.698. The normalized spacial score (nSPS) is 10.3. The van der Waals surface area contributed by atoms with Gasteiger partial charge in [-0.2, -0.15) is 0 Å². The van der Waals surface area contributed by atoms with Crippen molar-refractivity contribution in [2.24, 2.45) is 0 Å². The minimum atomic E-state index is -0.381. The van der Waals surface area contributed by atoms with E-state index in [-0.39, 0.29) is 24.1 Å². The van der Waals surface area contributed by atoms with Crippen LogP contribution < -0.4 is 10.6 Å². The third kappa shape index (κ3) is 4.70. The first-order valence-corrected chi connectivity index (χ1v) is 8.29. The van der Waals surface area contributed by atoms with Gasteiger partial charge in [0.2, 0.25) is 0 Å². The van der Waals surface area contributed by atoms with Crippen molar-refractivity contribution in [3.63, 3.8) is 0 Å². The fourth-order valence-corrected chi connectivity index (χ4v) is 2.38. The molecule has 1 aromatic carbocycles. The second-order valence-electron chi connectivity index (χ2n) is 5.50. The summed E-state index contributed by atoms with van der Waals surface area (Å²) in [6.07, 6.45) is 2.96. The van der Waals surface area contributed by atoms with Crippen LogP contribution in [0.5, 0.6) is 0 Å². The van der Waals surface area contributed by atoms with Crippen LogP contribution in [0.2, 0.25) is 5.02 Å². The number of hydrogen-bond donors (Lipinski definition) is 2. The summed E-state index contributed by atoms with van der Waals surface area (Å²) < 4.78 is 5.16. The molecule has 0 aliphatic carbocycles. The van der Waals surface area contributed by atoms with Crippen LogP contribution in [0.3, 0.4) is 0 Å². The van der Waals surface area contributed by atoms with Crippen molar-refractivity contribution in [3.8, 4) is 0 Å². The highest BCUT2D eigenvalue weighted by molar-refractivity contribution is 6.30. The number of benzene rings is 1. The molecule has 3 aromatic rings. The molecule has 0 bridgehead atoms. The third-order valence-corrected chi connectivity index (χ3v) is 3.88. The van der Waals surface area contributed by atoms with E-state index >= 15 is 0 Å². The Balaban J connectivity index is 1.59. The van der Waals surface area contributed by atoms with Crippen LogP contribution in [0.1, 0.15) is 32.2 Å². The predicted molar refractivity (Wildman–Crippen MR) is 96.7 cm³/mol. The number of carbonyl (C=O) groups is 2. The van der Waals surface area contributed by atoms with E-state index in [2.05, 4.69) is 15.6 Å². The van der Waals surface area contributed by atoms with E-state index < -0.39 is 0 Å². The Morgan fingerprint density at radius 2 is 1.77 bits per heavy atom. The van der Waals surface area contributed by atoms with Crippen molar-refractivity contribution in [2.75, 3.05) is 0 Å². The lowest BCUT2D eigenvalue weighted by molar-refractivity contribution is 0.0943. The summed E-state index contributed by atoms with van der Waals surface area (Å²) in [5.74, 6) is -0.0357. The molecule has 0 unspecified atom stereocenters. The van der Waals surface area contributed by atoms with Gasteiger partial charge in [-0.3, -0.25) is 14.6 Å². The molecule has 0 spiro atoms. The van der Waals surface area contributed by atoms with Gasteiger partial charge in [0, 0.05) is 23.3 Å². The van der Waals surface area contributed by atoms with Crippen molar-refractivity contribution >= 4 is 23.4 Å². The van der Waals surface area contributed by atoms with Crippen molar-refractivity contribution < 1.29 is 14.0 Å². The molecular formula is C19H16ClN3O3. The fraction of sp³-hybridized carbons (Fsp3) is 0.105. The fourth-order valence-electron chi connectivity index (χ4n) is 2.25. The molecule has 0 aliphatic heterocycles. The van der Waals surface area contributed by atoms with Crippen molar-refractivity contribution in [2.45, 2.75) is 13.1 Å². The Morgan fingerprint density at radius 3 is 2.50 bits per heavy atom. The van der Waals surface area contributed by atoms with Gasteiger partial charge < -0.3 is 15.1 Å². The number of nitrogens with zero attached hydrogens (tertiary/aromatic N) is 1. The van der Waals surface area contributed by atoms with Crippen LogP contribution in [0.4, 0.5) is 0 Å². The molecule has 2 heterocycles. The van der Waals surface area contributed by atoms with E-state index in [4.69, 9.17) is 16.0 Å². The minimum absolute atomic E-state index is 0.163. The van der Waals surface area contributed by atoms with E-state index in [1.165, 1.54) is 18.5 Å². The number of pyridine rings is 1. The second kappa shape index (κ2) is 8.31. The number of furan rings is 1. The summed E-state index contributed by atoms with van der Waals surface area (Å²) in [4.78, 5) is 28.5. The number of aromatic nitrogens is 1. The van der Waals surface area contributed by atoms with Crippen LogP contribution in [-0.2, 0) is 13.1 Å². The average Bonchev–Trinajstić information content (AvgIpc) is 3.19. The maximum absolute atomic E-state index is 12.3. The van der Waals surface area contributed by atoms with E-state index in [1.807, 2.05) is 12.1 Å². The van der Waals surface area contributed by atoms with Crippen LogP contribution in [-0.4, -0.2) is 16.8 Å². The number of amides is 2. The highest BCUT2D eigenvalue weighted by atomic mass is 35.5. The molecule has 0 atom stereocenters. The zero-order valence-electron chi connectivity index (χ0n) is 13.7. The van der Waals surface area contributed by atoms with Gasteiger partial charge in [-0.1, -0.05) is 23.7 Å². The van der Waals surface area contributed by atoms with E-state index in [9.17, 15) is 9.59 Å². The monoisotopic (exact) mass is 369 g/mol. The Labute approximate surface area is 155 Å². The lowest BCUT2D eigenvalue weighted by atomic mass is 10.2. The lowest BCUT2D eigenvalue weighted by Gasteiger charge is -2.07. The summed E-state index contributed by atoms with van der Waals surface area (Å²) >= 11 is 5.84. The Morgan fingerprint density at radius 1 is 1.00 bits per heavy atom. The van der Waals surface area contributed by atoms with Gasteiger partial charge >= 0.3 is 0 Å². The average molecular weight is 370 g/mol. The van der Waals surface area contributed by atoms with Crippen molar-refractivity contribution in [1.82, 2.24) is 15.6 Å². The maximum Gasteiger partial charge on any atom is 0.270 e. The van der Waals surface area contributed by atoms with Gasteiger partial charge in [0.1, 0.15) is 11.5 Å². The Kier molecular flexibility index (Phi) is 5.66. The van der Waals surface area contributed by atoms with Gasteiger partial charge in [0.05, 0.1) is 12.8 Å². The zero-order chi connectivity index (χ0) is 18.4. The molecule has 0 fully saturated rings. The summed E-state index contributed by atoms with van der Waals surface area (Å²) in [6, 6.07) is 13.7. The number of halogens is 1. The van der Waals surface area contributed by atoms with Gasteiger partial charge in [0.25, 0.3) is 11.8 Å². The Bertz CT molecular complexity index is 893. The molecule has 7 heteroatoms. The van der Waals surface area contributed by atoms with Gasteiger partial charge in [-0.15, -0.1) is 0 Å². The molecule has 0 aliphatic rings. The highest BCUT2D eigenvalue weighted by Crippen LogP contribution is 2.10. The van der Waals surface area contributed by atoms with Gasteiger partial charge in [-0.25, -0.2) is 0 Å². The van der Waals surface area contributed by atoms with Crippen molar-refractivity contribution in [3.05, 3.63) is 88.6 Å². The first-order chi connectivity index (χ1) is 12.6. The summed E-state index contributed by atoms with van der Waals surface area (Å²) in [5, 5.41) is 6.13. The molecule has 2 amide bonds. The van der Waals surface area contributed by atoms with Gasteiger partial charge in [0.15, 0.2) is 0 Å². The number of rotatable bonds is 6. The molecule has 0 saturated carbocycles. The lowest BCUT2D eigenvalue weighted by Crippen LogP contribution is -2.26. The predicted octanol–water partition coefficient (Wildman–Crippen LogP) is 3.19. The number of hydrogen-bond acceptors (Lipinski definition) is 4. The molecule has 0 radical (unpaired) electrons. The highest BCUT2D eigenvalue weighted by Gasteiger charge is 2.12. The van der Waals surface area contributed by atoms with Crippen molar-refractivity contribution in [1.29, 1.82) is 0 Å². The molecule has 6 nitrogen and oxygen atoms in total. The molecule has 3 rings (SSSR count). The number of nitrogens with one attached hydrogen (secondary N) is 2. The summed E-state index contributed by atoms with van der Waals surface area (Å²) in [6.45, 7) is 0.610. The zero-order valence-corrected chi connectivity index (χ0v) is 14.5. The maximum atomic E-state index is 12.3. The van der Waals surface area contributed by atoms with E-state index in [0.29, 0.717) is 22.9 Å². The topological polar surface area (TPSA) is 84.2 Å². The molecular weight excluding hydrogens is 354 g/mol. The van der Waals surface area contributed by atoms with Gasteiger partial charge in [-0.05, 0) is 42.0 Å². The first kappa shape index (κ1) is 17.7. The smallest absolute Gasteiger partial charge is 0.270 e. The van der Waals surface area contributed by atoms with Crippen LogP contribution in [0.25, 0.3) is 0 Å². The Hall–Kier alpha value is -3.12. The largest absolute Gasteiger partial charge is 0.467 e. The molecule has 26 heavy (non-hydrogen) atoms. The minimum Gasteiger partial charge on any atom is -0.467 e. The standard InChI is InChI=1S/C19H16ClN3O3/c20-15-5-3-13(4-6-15)11-22-18(24)14-7-8-21-17(10-14)19(25)23-12-16-2-1-9-26-16/h1-10H,11-12H2,(H,22,24)(H,23,25). The van der Waals surface area contributed by atoms with Crippen LogP contribution in [0, 0.1) is 0 Å². The van der Waals surface area contributed by atoms with Crippen LogP contribution in [0.15, 0.2) is 65.4 Å². The number of carbonyl (C=O) groups excluding carboxylic acids is 2. The first-order valence-electron chi connectivity index (χ1n) is 7.91. The molecule has 0 saturated heterocycles. The van der Waals surface area contributed by atoms with E-state index in [1.54, 1.807) is 30.3 Å². The summed E-state index contributed by atoms with van der Waals surface area (Å²) in [7, 11) is 0.